The van der Waals surface area contributed by atoms with Gasteiger partial charge in [-0.1, -0.05) is 6.07 Å². The first kappa shape index (κ1) is 13.6. The molecule has 0 aromatic heterocycles. The van der Waals surface area contributed by atoms with E-state index in [9.17, 15) is 4.79 Å². The van der Waals surface area contributed by atoms with E-state index in [0.717, 1.165) is 11.1 Å². The third kappa shape index (κ3) is 4.10. The summed E-state index contributed by atoms with van der Waals surface area (Å²) in [7, 11) is 0. The van der Waals surface area contributed by atoms with E-state index in [0.29, 0.717) is 17.1 Å². The smallest absolute Gasteiger partial charge is 0.321 e. The summed E-state index contributed by atoms with van der Waals surface area (Å²) < 4.78 is 0. The lowest BCUT2D eigenvalue weighted by atomic mass is 10.1. The van der Waals surface area contributed by atoms with Gasteiger partial charge < -0.3 is 10.8 Å². The molecule has 0 aliphatic rings. The molecule has 0 saturated heterocycles. The predicted octanol–water partition coefficient (Wildman–Crippen LogP) is 1.51. The van der Waals surface area contributed by atoms with Crippen LogP contribution >= 0.6 is 11.8 Å². The highest BCUT2D eigenvalue weighted by atomic mass is 32.2. The fourth-order valence-electron chi connectivity index (χ4n) is 1.29. The van der Waals surface area contributed by atoms with Gasteiger partial charge in [0, 0.05) is 11.5 Å². The Bertz CT molecular complexity index is 454. The maximum atomic E-state index is 10.5. The van der Waals surface area contributed by atoms with Gasteiger partial charge in [0.15, 0.2) is 0 Å². The summed E-state index contributed by atoms with van der Waals surface area (Å²) >= 11 is 1.48. The van der Waals surface area contributed by atoms with Gasteiger partial charge in [0.25, 0.3) is 0 Å². The van der Waals surface area contributed by atoms with E-state index in [2.05, 4.69) is 6.07 Å². The van der Waals surface area contributed by atoms with Crippen LogP contribution in [0.3, 0.4) is 0 Å². The molecule has 0 spiro atoms. The summed E-state index contributed by atoms with van der Waals surface area (Å²) in [5, 5.41) is 17.4. The Balaban J connectivity index is 2.53. The van der Waals surface area contributed by atoms with Crippen molar-refractivity contribution in [3.05, 3.63) is 34.9 Å². The standard InChI is InChI=1S/C12H14N2O2S/c1-8-4-9(5-13)2-3-10(8)6-17-7-11(14)12(15)16/h2-4,11H,6-7,14H2,1H3,(H,15,16). The van der Waals surface area contributed by atoms with Gasteiger partial charge in [-0.3, -0.25) is 4.79 Å². The Kier molecular flexibility index (Phi) is 5.01. The number of benzene rings is 1. The van der Waals surface area contributed by atoms with Gasteiger partial charge in [-0.25, -0.2) is 0 Å². The van der Waals surface area contributed by atoms with E-state index in [1.165, 1.54) is 11.8 Å². The molecule has 1 atom stereocenters. The Hall–Kier alpha value is -1.51. The van der Waals surface area contributed by atoms with Crippen molar-refractivity contribution in [3.63, 3.8) is 0 Å². The van der Waals surface area contributed by atoms with Gasteiger partial charge in [-0.2, -0.15) is 17.0 Å². The maximum absolute atomic E-state index is 10.5. The fourth-order valence-corrected chi connectivity index (χ4v) is 2.35. The highest BCUT2D eigenvalue weighted by Gasteiger charge is 2.11. The monoisotopic (exact) mass is 250 g/mol. The molecular weight excluding hydrogens is 236 g/mol. The molecule has 1 unspecified atom stereocenters. The third-order valence-corrected chi connectivity index (χ3v) is 3.45. The number of carboxylic acid groups (broad SMARTS) is 1. The Labute approximate surface area is 104 Å². The van der Waals surface area contributed by atoms with Gasteiger partial charge >= 0.3 is 5.97 Å². The van der Waals surface area contributed by atoms with Crippen molar-refractivity contribution >= 4 is 17.7 Å². The van der Waals surface area contributed by atoms with Crippen LogP contribution in [-0.2, 0) is 10.5 Å². The molecule has 0 aliphatic carbocycles. The third-order valence-electron chi connectivity index (χ3n) is 2.34. The molecule has 90 valence electrons. The molecule has 1 aromatic rings. The normalized spacial score (nSPS) is 11.8. The van der Waals surface area contributed by atoms with Crippen LogP contribution in [0.2, 0.25) is 0 Å². The maximum Gasteiger partial charge on any atom is 0.321 e. The molecule has 0 heterocycles. The SMILES string of the molecule is Cc1cc(C#N)ccc1CSCC(N)C(=O)O. The number of nitrogens with two attached hydrogens (primary N) is 1. The van der Waals surface area contributed by atoms with Crippen molar-refractivity contribution in [2.75, 3.05) is 5.75 Å². The molecule has 1 aromatic carbocycles. The molecule has 0 fully saturated rings. The zero-order chi connectivity index (χ0) is 12.8. The molecule has 5 heteroatoms. The van der Waals surface area contributed by atoms with Gasteiger partial charge in [-0.05, 0) is 30.2 Å². The second-order valence-corrected chi connectivity index (χ2v) is 4.74. The van der Waals surface area contributed by atoms with Crippen molar-refractivity contribution in [3.8, 4) is 6.07 Å². The molecule has 3 N–H and O–H groups in total. The van der Waals surface area contributed by atoms with Crippen LogP contribution in [0.5, 0.6) is 0 Å². The Morgan fingerprint density at radius 3 is 2.88 bits per heavy atom. The summed E-state index contributed by atoms with van der Waals surface area (Å²) in [5.74, 6) is 0.113. The number of aliphatic carboxylic acids is 1. The molecule has 17 heavy (non-hydrogen) atoms. The number of nitriles is 1. The van der Waals surface area contributed by atoms with E-state index >= 15 is 0 Å². The van der Waals surface area contributed by atoms with Crippen molar-refractivity contribution in [1.82, 2.24) is 0 Å². The van der Waals surface area contributed by atoms with E-state index in [1.54, 1.807) is 6.07 Å². The molecule has 0 amide bonds. The summed E-state index contributed by atoms with van der Waals surface area (Å²) in [6.07, 6.45) is 0. The van der Waals surface area contributed by atoms with E-state index < -0.39 is 12.0 Å². The molecule has 0 radical (unpaired) electrons. The largest absolute Gasteiger partial charge is 0.480 e. The minimum atomic E-state index is -0.978. The minimum Gasteiger partial charge on any atom is -0.480 e. The topological polar surface area (TPSA) is 87.1 Å². The molecule has 1 rings (SSSR count). The number of nitrogens with zero attached hydrogens (tertiary/aromatic N) is 1. The Morgan fingerprint density at radius 2 is 2.35 bits per heavy atom. The molecule has 4 nitrogen and oxygen atoms in total. The number of aryl methyl sites for hydroxylation is 1. The number of hydrogen-bond donors (Lipinski definition) is 2. The van der Waals surface area contributed by atoms with Crippen LogP contribution in [0.4, 0.5) is 0 Å². The van der Waals surface area contributed by atoms with E-state index in [-0.39, 0.29) is 0 Å². The lowest BCUT2D eigenvalue weighted by Gasteiger charge is -2.08. The zero-order valence-corrected chi connectivity index (χ0v) is 10.3. The molecule has 0 bridgehead atoms. The van der Waals surface area contributed by atoms with Crippen molar-refractivity contribution in [2.45, 2.75) is 18.7 Å². The molecule has 0 saturated carbocycles. The zero-order valence-electron chi connectivity index (χ0n) is 9.51. The summed E-state index contributed by atoms with van der Waals surface area (Å²) in [6.45, 7) is 1.94. The predicted molar refractivity (Wildman–Crippen MR) is 67.7 cm³/mol. The van der Waals surface area contributed by atoms with Gasteiger partial charge in [0.2, 0.25) is 0 Å². The average molecular weight is 250 g/mol. The second kappa shape index (κ2) is 6.28. The van der Waals surface area contributed by atoms with Crippen LogP contribution in [0.25, 0.3) is 0 Å². The summed E-state index contributed by atoms with van der Waals surface area (Å²) in [4.78, 5) is 10.5. The highest BCUT2D eigenvalue weighted by molar-refractivity contribution is 7.98. The minimum absolute atomic E-state index is 0.384. The van der Waals surface area contributed by atoms with Crippen LogP contribution in [-0.4, -0.2) is 22.9 Å². The second-order valence-electron chi connectivity index (χ2n) is 3.71. The number of thioether (sulfide) groups is 1. The lowest BCUT2D eigenvalue weighted by molar-refractivity contribution is -0.137. The van der Waals surface area contributed by atoms with Crippen molar-refractivity contribution in [2.24, 2.45) is 5.73 Å². The first-order valence-corrected chi connectivity index (χ1v) is 6.26. The lowest BCUT2D eigenvalue weighted by Crippen LogP contribution is -2.32. The molecule has 0 aliphatic heterocycles. The Morgan fingerprint density at radius 1 is 1.65 bits per heavy atom. The number of carboxylic acids is 1. The fraction of sp³-hybridized carbons (Fsp3) is 0.333. The number of rotatable bonds is 5. The average Bonchev–Trinajstić information content (AvgIpc) is 2.30. The van der Waals surface area contributed by atoms with Crippen LogP contribution in [0, 0.1) is 18.3 Å². The van der Waals surface area contributed by atoms with Gasteiger partial charge in [0.1, 0.15) is 6.04 Å². The van der Waals surface area contributed by atoms with E-state index in [1.807, 2.05) is 19.1 Å². The van der Waals surface area contributed by atoms with Crippen LogP contribution in [0.1, 0.15) is 16.7 Å². The number of hydrogen-bond acceptors (Lipinski definition) is 4. The molecular formula is C12H14N2O2S. The quantitative estimate of drug-likeness (QED) is 0.827. The van der Waals surface area contributed by atoms with Gasteiger partial charge in [0.05, 0.1) is 11.6 Å². The van der Waals surface area contributed by atoms with Gasteiger partial charge in [-0.15, -0.1) is 0 Å². The number of carbonyl (C=O) groups is 1. The van der Waals surface area contributed by atoms with Crippen molar-refractivity contribution < 1.29 is 9.90 Å². The first-order valence-electron chi connectivity index (χ1n) is 5.10. The van der Waals surface area contributed by atoms with E-state index in [4.69, 9.17) is 16.1 Å². The van der Waals surface area contributed by atoms with Crippen LogP contribution < -0.4 is 5.73 Å². The highest BCUT2D eigenvalue weighted by Crippen LogP contribution is 2.17. The summed E-state index contributed by atoms with van der Waals surface area (Å²) in [5.41, 5.74) is 8.18. The van der Waals surface area contributed by atoms with Crippen molar-refractivity contribution in [1.29, 1.82) is 5.26 Å². The first-order chi connectivity index (χ1) is 8.04. The summed E-state index contributed by atoms with van der Waals surface area (Å²) in [6, 6.07) is 6.75. The van der Waals surface area contributed by atoms with Crippen LogP contribution in [0.15, 0.2) is 18.2 Å².